The first kappa shape index (κ1) is 22.8. The van der Waals surface area contributed by atoms with Gasteiger partial charge in [0, 0.05) is 29.6 Å². The van der Waals surface area contributed by atoms with Crippen LogP contribution >= 0.6 is 0 Å². The number of para-hydroxylation sites is 1. The van der Waals surface area contributed by atoms with Crippen molar-refractivity contribution in [3.63, 3.8) is 0 Å². The molecule has 1 aliphatic carbocycles. The fourth-order valence-electron chi connectivity index (χ4n) is 5.38. The summed E-state index contributed by atoms with van der Waals surface area (Å²) in [6.07, 6.45) is 2.29. The molecule has 2 aromatic rings. The largest absolute Gasteiger partial charge is 0.480 e. The molecule has 9 heteroatoms. The summed E-state index contributed by atoms with van der Waals surface area (Å²) in [6, 6.07) is 12.2. The number of anilines is 1. The average Bonchev–Trinajstić information content (AvgIpc) is 3.25. The normalized spacial score (nSPS) is 23.4. The second-order valence-electron chi connectivity index (χ2n) is 8.49. The topological polar surface area (TPSA) is 110 Å². The van der Waals surface area contributed by atoms with Crippen molar-refractivity contribution in [1.29, 1.82) is 0 Å². The van der Waals surface area contributed by atoms with Crippen molar-refractivity contribution >= 4 is 23.9 Å². The Morgan fingerprint density at radius 1 is 1.18 bits per heavy atom. The summed E-state index contributed by atoms with van der Waals surface area (Å²) in [5.74, 6) is -2.52. The summed E-state index contributed by atoms with van der Waals surface area (Å²) in [4.78, 5) is 38.8. The molecule has 7 nitrogen and oxygen atoms in total. The van der Waals surface area contributed by atoms with E-state index in [1.807, 2.05) is 0 Å². The second kappa shape index (κ2) is 8.90. The van der Waals surface area contributed by atoms with E-state index in [4.69, 9.17) is 5.73 Å². The Kier molecular flexibility index (Phi) is 6.16. The third-order valence-electron chi connectivity index (χ3n) is 6.74. The van der Waals surface area contributed by atoms with Gasteiger partial charge in [-0.1, -0.05) is 24.6 Å². The van der Waals surface area contributed by atoms with Gasteiger partial charge < -0.3 is 25.3 Å². The molecule has 1 heterocycles. The van der Waals surface area contributed by atoms with Crippen molar-refractivity contribution in [2.45, 2.75) is 49.8 Å². The van der Waals surface area contributed by atoms with Gasteiger partial charge in [-0.2, -0.15) is 8.78 Å². The van der Waals surface area contributed by atoms with Crippen LogP contribution in [0.4, 0.5) is 14.5 Å². The Morgan fingerprint density at radius 2 is 1.88 bits per heavy atom. The lowest BCUT2D eigenvalue weighted by Crippen LogP contribution is -2.60. The number of alkyl halides is 2. The number of nitrogens with zero attached hydrogens (tertiary/aromatic N) is 1. The first-order valence-electron chi connectivity index (χ1n) is 10.7. The molecule has 4 rings (SSSR count). The van der Waals surface area contributed by atoms with Crippen LogP contribution in [-0.4, -0.2) is 41.5 Å². The van der Waals surface area contributed by atoms with Gasteiger partial charge in [-0.3, -0.25) is 9.59 Å². The Hall–Kier alpha value is -3.33. The number of ether oxygens (including phenoxy) is 1. The number of aldehydes is 1. The standard InChI is InChI=1S/C24H24F2N2O5/c25-23(26)33-15-10-8-14(9-11-15)21(30)28-18-6-2-1-4-16(18)20(17-5-3-7-19(17)28)24(27,12-13-29)22(31)32/h1-2,4,6,8-11,13,17,19-20,23H,3,5,7,12,27H2,(H,31,32). The number of nitrogens with two attached hydrogens (primary N) is 1. The van der Waals surface area contributed by atoms with Gasteiger partial charge in [0.2, 0.25) is 0 Å². The summed E-state index contributed by atoms with van der Waals surface area (Å²) in [5, 5.41) is 9.97. The van der Waals surface area contributed by atoms with Gasteiger partial charge in [-0.05, 0) is 54.7 Å². The number of hydrogen-bond donors (Lipinski definition) is 2. The average molecular weight is 458 g/mol. The molecule has 2 aromatic carbocycles. The van der Waals surface area contributed by atoms with Crippen molar-refractivity contribution in [2.75, 3.05) is 4.90 Å². The number of halogens is 2. The molecule has 4 atom stereocenters. The van der Waals surface area contributed by atoms with Crippen molar-refractivity contribution in [1.82, 2.24) is 0 Å². The molecule has 1 amide bonds. The Balaban J connectivity index is 1.78. The van der Waals surface area contributed by atoms with E-state index < -0.39 is 24.0 Å². The summed E-state index contributed by atoms with van der Waals surface area (Å²) >= 11 is 0. The fraction of sp³-hybridized carbons (Fsp3) is 0.375. The molecule has 0 spiro atoms. The predicted molar refractivity (Wildman–Crippen MR) is 115 cm³/mol. The number of fused-ring (bicyclic) bond motifs is 2. The van der Waals surface area contributed by atoms with E-state index in [9.17, 15) is 28.3 Å². The van der Waals surface area contributed by atoms with E-state index in [2.05, 4.69) is 4.74 Å². The molecule has 1 saturated carbocycles. The van der Waals surface area contributed by atoms with Crippen molar-refractivity contribution < 1.29 is 33.0 Å². The molecule has 4 unspecified atom stereocenters. The first-order valence-corrected chi connectivity index (χ1v) is 10.7. The Morgan fingerprint density at radius 3 is 2.52 bits per heavy atom. The maximum atomic E-state index is 13.6. The second-order valence-corrected chi connectivity index (χ2v) is 8.49. The van der Waals surface area contributed by atoms with Gasteiger partial charge in [0.15, 0.2) is 0 Å². The molecule has 0 radical (unpaired) electrons. The van der Waals surface area contributed by atoms with Gasteiger partial charge in [-0.25, -0.2) is 0 Å². The van der Waals surface area contributed by atoms with E-state index in [-0.39, 0.29) is 30.0 Å². The van der Waals surface area contributed by atoms with E-state index in [1.54, 1.807) is 29.2 Å². The van der Waals surface area contributed by atoms with Gasteiger partial charge in [-0.15, -0.1) is 0 Å². The monoisotopic (exact) mass is 458 g/mol. The van der Waals surface area contributed by atoms with Gasteiger partial charge >= 0.3 is 12.6 Å². The zero-order valence-electron chi connectivity index (χ0n) is 17.7. The van der Waals surface area contributed by atoms with Crippen molar-refractivity contribution in [2.24, 2.45) is 11.7 Å². The predicted octanol–water partition coefficient (Wildman–Crippen LogP) is 3.57. The highest BCUT2D eigenvalue weighted by atomic mass is 19.3. The van der Waals surface area contributed by atoms with Crippen molar-refractivity contribution in [3.8, 4) is 5.75 Å². The van der Waals surface area contributed by atoms with Crippen LogP contribution in [0.15, 0.2) is 48.5 Å². The molecule has 174 valence electrons. The molecule has 3 N–H and O–H groups in total. The number of rotatable bonds is 7. The summed E-state index contributed by atoms with van der Waals surface area (Å²) in [6.45, 7) is -2.96. The summed E-state index contributed by atoms with van der Waals surface area (Å²) < 4.78 is 29.3. The zero-order chi connectivity index (χ0) is 23.8. The highest BCUT2D eigenvalue weighted by Crippen LogP contribution is 2.53. The smallest absolute Gasteiger partial charge is 0.387 e. The third-order valence-corrected chi connectivity index (χ3v) is 6.74. The number of amides is 1. The van der Waals surface area contributed by atoms with E-state index in [0.717, 1.165) is 6.42 Å². The molecule has 0 aromatic heterocycles. The molecular weight excluding hydrogens is 434 g/mol. The molecule has 0 saturated heterocycles. The van der Waals surface area contributed by atoms with E-state index in [0.29, 0.717) is 35.9 Å². The van der Waals surface area contributed by atoms with Crippen LogP contribution in [0.3, 0.4) is 0 Å². The Bertz CT molecular complexity index is 1060. The van der Waals surface area contributed by atoms with E-state index in [1.165, 1.54) is 24.3 Å². The Labute approximate surface area is 189 Å². The van der Waals surface area contributed by atoms with Crippen LogP contribution in [0.2, 0.25) is 0 Å². The number of hydrogen-bond acceptors (Lipinski definition) is 5. The lowest BCUT2D eigenvalue weighted by molar-refractivity contribution is -0.146. The molecular formula is C24H24F2N2O5. The van der Waals surface area contributed by atoms with Crippen molar-refractivity contribution in [3.05, 3.63) is 59.7 Å². The lowest BCUT2D eigenvalue weighted by Gasteiger charge is -2.48. The van der Waals surface area contributed by atoms with Crippen LogP contribution in [-0.2, 0) is 9.59 Å². The molecule has 2 aliphatic rings. The minimum atomic E-state index is -2.96. The lowest BCUT2D eigenvalue weighted by atomic mass is 9.66. The highest BCUT2D eigenvalue weighted by molar-refractivity contribution is 6.07. The molecule has 0 bridgehead atoms. The fourth-order valence-corrected chi connectivity index (χ4v) is 5.38. The zero-order valence-corrected chi connectivity index (χ0v) is 17.7. The van der Waals surface area contributed by atoms with Gasteiger partial charge in [0.1, 0.15) is 17.6 Å². The van der Waals surface area contributed by atoms with Gasteiger partial charge in [0.25, 0.3) is 5.91 Å². The first-order chi connectivity index (χ1) is 15.8. The molecule has 33 heavy (non-hydrogen) atoms. The van der Waals surface area contributed by atoms with Crippen LogP contribution < -0.4 is 15.4 Å². The van der Waals surface area contributed by atoms with E-state index >= 15 is 0 Å². The maximum absolute atomic E-state index is 13.6. The highest BCUT2D eigenvalue weighted by Gasteiger charge is 2.55. The van der Waals surface area contributed by atoms with Crippen LogP contribution in [0, 0.1) is 5.92 Å². The summed E-state index contributed by atoms with van der Waals surface area (Å²) in [5.41, 5.74) is 6.03. The van der Waals surface area contributed by atoms with Crippen LogP contribution in [0.1, 0.15) is 47.5 Å². The number of benzene rings is 2. The summed E-state index contributed by atoms with van der Waals surface area (Å²) in [7, 11) is 0. The molecule has 1 fully saturated rings. The van der Waals surface area contributed by atoms with Gasteiger partial charge in [0.05, 0.1) is 0 Å². The van der Waals surface area contributed by atoms with Crippen LogP contribution in [0.5, 0.6) is 5.75 Å². The minimum absolute atomic E-state index is 0.0531. The third kappa shape index (κ3) is 3.97. The number of aliphatic carboxylic acids is 1. The number of carbonyl (C=O) groups excluding carboxylic acids is 2. The quantitative estimate of drug-likeness (QED) is 0.614. The number of carboxylic acids is 1. The van der Waals surface area contributed by atoms with Crippen LogP contribution in [0.25, 0.3) is 0 Å². The maximum Gasteiger partial charge on any atom is 0.387 e. The molecule has 1 aliphatic heterocycles. The number of carboxylic acid groups (broad SMARTS) is 1. The minimum Gasteiger partial charge on any atom is -0.480 e. The SMILES string of the molecule is NC(CC=O)(C(=O)O)C1c2ccccc2N(C(=O)c2ccc(OC(F)F)cc2)C2CCCC21. The number of carbonyl (C=O) groups is 3.